The Morgan fingerprint density at radius 2 is 2.18 bits per heavy atom. The minimum absolute atomic E-state index is 0.439. The number of nitrogens with zero attached hydrogens (tertiary/aromatic N) is 2. The van der Waals surface area contributed by atoms with Crippen LogP contribution in [0.25, 0.3) is 0 Å². The van der Waals surface area contributed by atoms with Gasteiger partial charge in [0.15, 0.2) is 6.29 Å². The third-order valence-corrected chi connectivity index (χ3v) is 2.97. The van der Waals surface area contributed by atoms with Crippen molar-refractivity contribution in [3.05, 3.63) is 24.0 Å². The highest BCUT2D eigenvalue weighted by Crippen LogP contribution is 2.10. The van der Waals surface area contributed by atoms with Crippen molar-refractivity contribution in [3.63, 3.8) is 0 Å². The Morgan fingerprint density at radius 3 is 2.82 bits per heavy atom. The molecule has 1 aromatic heterocycles. The fourth-order valence-electron chi connectivity index (χ4n) is 2.03. The first-order valence-corrected chi connectivity index (χ1v) is 6.15. The second-order valence-corrected chi connectivity index (χ2v) is 4.29. The molecule has 92 valence electrons. The lowest BCUT2D eigenvalue weighted by atomic mass is 10.3. The maximum atomic E-state index is 10.4. The molecule has 1 aliphatic heterocycles. The first-order chi connectivity index (χ1) is 8.38. The van der Waals surface area contributed by atoms with E-state index < -0.39 is 0 Å². The number of hydrogen-bond acceptors (Lipinski definition) is 4. The molecular formula is C13H18N2O2. The van der Waals surface area contributed by atoms with Crippen molar-refractivity contribution in [3.8, 4) is 5.75 Å². The molecule has 4 nitrogen and oxygen atoms in total. The number of carbonyl (C=O) groups is 1. The smallest absolute Gasteiger partial charge is 0.168 e. The number of aromatic nitrogens is 1. The van der Waals surface area contributed by atoms with E-state index in [1.165, 1.54) is 25.9 Å². The molecule has 0 N–H and O–H groups in total. The van der Waals surface area contributed by atoms with Crippen LogP contribution in [-0.4, -0.2) is 42.4 Å². The molecule has 0 bridgehead atoms. The number of ether oxygens (including phenoxy) is 1. The van der Waals surface area contributed by atoms with Crippen molar-refractivity contribution in [2.24, 2.45) is 0 Å². The molecule has 0 aromatic carbocycles. The molecule has 2 rings (SSSR count). The largest absolute Gasteiger partial charge is 0.492 e. The maximum Gasteiger partial charge on any atom is 0.168 e. The van der Waals surface area contributed by atoms with Crippen LogP contribution in [0.4, 0.5) is 0 Å². The Morgan fingerprint density at radius 1 is 1.35 bits per heavy atom. The zero-order valence-corrected chi connectivity index (χ0v) is 9.97. The van der Waals surface area contributed by atoms with E-state index in [2.05, 4.69) is 9.88 Å². The summed E-state index contributed by atoms with van der Waals surface area (Å²) < 4.78 is 5.56. The van der Waals surface area contributed by atoms with Crippen LogP contribution in [0.1, 0.15) is 29.8 Å². The fraction of sp³-hybridized carbons (Fsp3) is 0.538. The van der Waals surface area contributed by atoms with E-state index in [1.54, 1.807) is 18.3 Å². The first-order valence-electron chi connectivity index (χ1n) is 6.15. The molecule has 0 aliphatic carbocycles. The summed E-state index contributed by atoms with van der Waals surface area (Å²) in [4.78, 5) is 16.8. The maximum absolute atomic E-state index is 10.4. The monoisotopic (exact) mass is 234 g/mol. The van der Waals surface area contributed by atoms with Gasteiger partial charge in [-0.25, -0.2) is 4.98 Å². The molecule has 0 atom stereocenters. The van der Waals surface area contributed by atoms with Gasteiger partial charge in [-0.05, 0) is 44.5 Å². The number of rotatable bonds is 6. The van der Waals surface area contributed by atoms with E-state index in [4.69, 9.17) is 4.74 Å². The Balaban J connectivity index is 1.65. The molecule has 1 aromatic rings. The van der Waals surface area contributed by atoms with Gasteiger partial charge in [0, 0.05) is 6.54 Å². The molecule has 0 amide bonds. The topological polar surface area (TPSA) is 42.4 Å². The van der Waals surface area contributed by atoms with Gasteiger partial charge < -0.3 is 9.64 Å². The van der Waals surface area contributed by atoms with Crippen LogP contribution < -0.4 is 4.74 Å². The number of aldehydes is 1. The van der Waals surface area contributed by atoms with Gasteiger partial charge >= 0.3 is 0 Å². The zero-order valence-electron chi connectivity index (χ0n) is 9.97. The molecule has 0 spiro atoms. The molecule has 0 saturated carbocycles. The highest BCUT2D eigenvalue weighted by atomic mass is 16.5. The lowest BCUT2D eigenvalue weighted by Gasteiger charge is -2.14. The van der Waals surface area contributed by atoms with Crippen LogP contribution in [-0.2, 0) is 0 Å². The molecule has 0 radical (unpaired) electrons. The standard InChI is InChI=1S/C13H18N2O2/c16-11-12-4-5-13(10-14-12)17-9-3-8-15-6-1-2-7-15/h4-5,10-11H,1-3,6-9H2. The summed E-state index contributed by atoms with van der Waals surface area (Å²) in [5.74, 6) is 0.733. The molecule has 1 fully saturated rings. The Hall–Kier alpha value is -1.42. The van der Waals surface area contributed by atoms with Crippen LogP contribution in [0, 0.1) is 0 Å². The zero-order chi connectivity index (χ0) is 11.9. The molecule has 1 aliphatic rings. The predicted molar refractivity (Wildman–Crippen MR) is 65.4 cm³/mol. The summed E-state index contributed by atoms with van der Waals surface area (Å²) in [6.07, 6.45) is 6.03. The van der Waals surface area contributed by atoms with Crippen LogP contribution in [0.5, 0.6) is 5.75 Å². The summed E-state index contributed by atoms with van der Waals surface area (Å²) in [6.45, 7) is 4.28. The molecule has 0 unspecified atom stereocenters. The fourth-order valence-corrected chi connectivity index (χ4v) is 2.03. The summed E-state index contributed by atoms with van der Waals surface area (Å²) in [5.41, 5.74) is 0.439. The summed E-state index contributed by atoms with van der Waals surface area (Å²) in [7, 11) is 0. The van der Waals surface area contributed by atoms with E-state index in [1.807, 2.05) is 0 Å². The predicted octanol–water partition coefficient (Wildman–Crippen LogP) is 1.76. The van der Waals surface area contributed by atoms with Gasteiger partial charge in [-0.3, -0.25) is 4.79 Å². The van der Waals surface area contributed by atoms with Gasteiger partial charge in [-0.1, -0.05) is 0 Å². The normalized spacial score (nSPS) is 16.0. The van der Waals surface area contributed by atoms with Crippen molar-refractivity contribution < 1.29 is 9.53 Å². The highest BCUT2D eigenvalue weighted by molar-refractivity contribution is 5.71. The summed E-state index contributed by atoms with van der Waals surface area (Å²) >= 11 is 0. The quantitative estimate of drug-likeness (QED) is 0.555. The highest BCUT2D eigenvalue weighted by Gasteiger charge is 2.10. The van der Waals surface area contributed by atoms with Crippen molar-refractivity contribution in [2.75, 3.05) is 26.2 Å². The van der Waals surface area contributed by atoms with Crippen LogP contribution in [0.2, 0.25) is 0 Å². The van der Waals surface area contributed by atoms with Gasteiger partial charge in [-0.15, -0.1) is 0 Å². The van der Waals surface area contributed by atoms with E-state index in [-0.39, 0.29) is 0 Å². The van der Waals surface area contributed by atoms with E-state index in [0.717, 1.165) is 25.0 Å². The number of likely N-dealkylation sites (tertiary alicyclic amines) is 1. The second kappa shape index (κ2) is 6.35. The first kappa shape index (κ1) is 12.0. The minimum Gasteiger partial charge on any atom is -0.492 e. The van der Waals surface area contributed by atoms with Gasteiger partial charge in [-0.2, -0.15) is 0 Å². The number of hydrogen-bond donors (Lipinski definition) is 0. The SMILES string of the molecule is O=Cc1ccc(OCCCN2CCCC2)cn1. The number of carbonyl (C=O) groups excluding carboxylic acids is 1. The Bertz CT molecular complexity index is 345. The molecule has 4 heteroatoms. The van der Waals surface area contributed by atoms with Gasteiger partial charge in [0.2, 0.25) is 0 Å². The number of pyridine rings is 1. The van der Waals surface area contributed by atoms with Crippen molar-refractivity contribution in [1.82, 2.24) is 9.88 Å². The molecular weight excluding hydrogens is 216 g/mol. The molecule has 2 heterocycles. The van der Waals surface area contributed by atoms with Gasteiger partial charge in [0.1, 0.15) is 11.4 Å². The average Bonchev–Trinajstić information content (AvgIpc) is 2.88. The minimum atomic E-state index is 0.439. The Labute approximate surface area is 102 Å². The van der Waals surface area contributed by atoms with Gasteiger partial charge in [0.05, 0.1) is 12.8 Å². The van der Waals surface area contributed by atoms with Crippen LogP contribution >= 0.6 is 0 Å². The van der Waals surface area contributed by atoms with Crippen molar-refractivity contribution >= 4 is 6.29 Å². The molecule has 17 heavy (non-hydrogen) atoms. The molecule has 1 saturated heterocycles. The van der Waals surface area contributed by atoms with Crippen molar-refractivity contribution in [1.29, 1.82) is 0 Å². The lowest BCUT2D eigenvalue weighted by Crippen LogP contribution is -2.21. The lowest BCUT2D eigenvalue weighted by molar-refractivity contribution is 0.111. The van der Waals surface area contributed by atoms with E-state index >= 15 is 0 Å². The summed E-state index contributed by atoms with van der Waals surface area (Å²) in [5, 5.41) is 0. The summed E-state index contributed by atoms with van der Waals surface area (Å²) in [6, 6.07) is 3.45. The second-order valence-electron chi connectivity index (χ2n) is 4.29. The van der Waals surface area contributed by atoms with Crippen molar-refractivity contribution in [2.45, 2.75) is 19.3 Å². The Kier molecular flexibility index (Phi) is 4.50. The average molecular weight is 234 g/mol. The van der Waals surface area contributed by atoms with Crippen LogP contribution in [0.3, 0.4) is 0 Å². The third-order valence-electron chi connectivity index (χ3n) is 2.97. The van der Waals surface area contributed by atoms with Crippen LogP contribution in [0.15, 0.2) is 18.3 Å². The van der Waals surface area contributed by atoms with E-state index in [9.17, 15) is 4.79 Å². The van der Waals surface area contributed by atoms with E-state index in [0.29, 0.717) is 12.3 Å². The third kappa shape index (κ3) is 3.82. The van der Waals surface area contributed by atoms with Gasteiger partial charge in [0.25, 0.3) is 0 Å².